The lowest BCUT2D eigenvalue weighted by molar-refractivity contribution is 0.145. The summed E-state index contributed by atoms with van der Waals surface area (Å²) in [5.41, 5.74) is 1.48. The zero-order valence-electron chi connectivity index (χ0n) is 17.2. The highest BCUT2D eigenvalue weighted by molar-refractivity contribution is 14.0. The van der Waals surface area contributed by atoms with E-state index in [2.05, 4.69) is 22.5 Å². The van der Waals surface area contributed by atoms with E-state index in [-0.39, 0.29) is 35.9 Å². The largest absolute Gasteiger partial charge is 0.393 e. The second kappa shape index (κ2) is 14.0. The number of aliphatic imine (C=N–C) groups is 1. The maximum Gasteiger partial charge on any atom is 0.191 e. The van der Waals surface area contributed by atoms with Crippen LogP contribution >= 0.6 is 24.0 Å². The summed E-state index contributed by atoms with van der Waals surface area (Å²) in [4.78, 5) is 6.59. The lowest BCUT2D eigenvalue weighted by Crippen LogP contribution is -2.37. The average Bonchev–Trinajstić information content (AvgIpc) is 2.67. The van der Waals surface area contributed by atoms with Gasteiger partial charge in [-0.05, 0) is 43.9 Å². The number of nitrogens with zero attached hydrogens (tertiary/aromatic N) is 2. The lowest BCUT2D eigenvalue weighted by Gasteiger charge is -2.31. The Hall–Kier alpha value is -1.09. The van der Waals surface area contributed by atoms with E-state index >= 15 is 0 Å². The maximum atomic E-state index is 14.5. The second-order valence-electron chi connectivity index (χ2n) is 7.19. The molecule has 1 fully saturated rings. The number of halogens is 2. The van der Waals surface area contributed by atoms with Crippen molar-refractivity contribution >= 4 is 35.6 Å². The van der Waals surface area contributed by atoms with Crippen LogP contribution in [0.4, 0.5) is 10.1 Å². The Labute approximate surface area is 186 Å². The Kier molecular flexibility index (Phi) is 12.5. The minimum Gasteiger partial charge on any atom is -0.393 e. The van der Waals surface area contributed by atoms with Crippen LogP contribution in [-0.4, -0.2) is 43.3 Å². The monoisotopic (exact) mass is 506 g/mol. The molecule has 1 aliphatic rings. The molecule has 0 aromatic heterocycles. The molecule has 5 nitrogen and oxygen atoms in total. The van der Waals surface area contributed by atoms with Gasteiger partial charge in [-0.1, -0.05) is 32.3 Å². The Morgan fingerprint density at radius 3 is 2.57 bits per heavy atom. The van der Waals surface area contributed by atoms with Crippen LogP contribution in [0.25, 0.3) is 0 Å². The van der Waals surface area contributed by atoms with E-state index in [0.29, 0.717) is 38.2 Å². The topological polar surface area (TPSA) is 59.9 Å². The third-order valence-corrected chi connectivity index (χ3v) is 4.90. The summed E-state index contributed by atoms with van der Waals surface area (Å²) in [6.07, 6.45) is 5.99. The van der Waals surface area contributed by atoms with Gasteiger partial charge in [-0.25, -0.2) is 9.38 Å². The van der Waals surface area contributed by atoms with Crippen LogP contribution in [0.3, 0.4) is 0 Å². The van der Waals surface area contributed by atoms with Gasteiger partial charge >= 0.3 is 0 Å². The van der Waals surface area contributed by atoms with Crippen molar-refractivity contribution in [3.63, 3.8) is 0 Å². The molecule has 0 saturated carbocycles. The van der Waals surface area contributed by atoms with Gasteiger partial charge in [-0.3, -0.25) is 0 Å². The number of nitrogens with one attached hydrogen (secondary N) is 2. The zero-order chi connectivity index (χ0) is 19.5. The highest BCUT2D eigenvalue weighted by Gasteiger charge is 2.19. The van der Waals surface area contributed by atoms with E-state index in [1.54, 1.807) is 6.07 Å². The number of aliphatic hydroxyl groups is 1. The van der Waals surface area contributed by atoms with Crippen molar-refractivity contribution in [2.45, 2.75) is 65.0 Å². The normalized spacial score (nSPS) is 15.3. The number of hydrogen-bond donors (Lipinski definition) is 3. The maximum absolute atomic E-state index is 14.5. The Balaban J connectivity index is 0.00000392. The van der Waals surface area contributed by atoms with Crippen LogP contribution in [-0.2, 0) is 6.54 Å². The van der Waals surface area contributed by atoms with Crippen LogP contribution in [0.1, 0.15) is 57.9 Å². The van der Waals surface area contributed by atoms with Gasteiger partial charge in [0.1, 0.15) is 5.82 Å². The Bertz CT molecular complexity index is 592. The molecule has 1 aliphatic heterocycles. The molecule has 3 N–H and O–H groups in total. The van der Waals surface area contributed by atoms with Crippen LogP contribution < -0.4 is 15.5 Å². The molecule has 7 heteroatoms. The minimum atomic E-state index is -0.253. The number of anilines is 1. The third kappa shape index (κ3) is 8.51. The lowest BCUT2D eigenvalue weighted by atomic mass is 10.1. The van der Waals surface area contributed by atoms with Gasteiger partial charge in [-0.15, -0.1) is 24.0 Å². The zero-order valence-corrected chi connectivity index (χ0v) is 19.5. The Morgan fingerprint density at radius 1 is 1.18 bits per heavy atom. The van der Waals surface area contributed by atoms with Crippen LogP contribution in [0.2, 0.25) is 0 Å². The average molecular weight is 506 g/mol. The summed E-state index contributed by atoms with van der Waals surface area (Å²) in [6.45, 7) is 7.79. The van der Waals surface area contributed by atoms with E-state index in [0.717, 1.165) is 31.0 Å². The smallest absolute Gasteiger partial charge is 0.191 e. The van der Waals surface area contributed by atoms with Gasteiger partial charge < -0.3 is 20.6 Å². The predicted molar refractivity (Wildman–Crippen MR) is 126 cm³/mol. The summed E-state index contributed by atoms with van der Waals surface area (Å²) < 4.78 is 14.5. The van der Waals surface area contributed by atoms with Gasteiger partial charge in [0.05, 0.1) is 18.3 Å². The van der Waals surface area contributed by atoms with Crippen molar-refractivity contribution in [1.82, 2.24) is 10.6 Å². The molecule has 28 heavy (non-hydrogen) atoms. The van der Waals surface area contributed by atoms with Crippen molar-refractivity contribution < 1.29 is 9.50 Å². The van der Waals surface area contributed by atoms with Gasteiger partial charge in [0, 0.05) is 26.2 Å². The predicted octanol–water partition coefficient (Wildman–Crippen LogP) is 4.04. The van der Waals surface area contributed by atoms with Crippen molar-refractivity contribution in [2.75, 3.05) is 31.1 Å². The number of aliphatic hydroxyl groups excluding tert-OH is 1. The van der Waals surface area contributed by atoms with Gasteiger partial charge in [-0.2, -0.15) is 0 Å². The summed E-state index contributed by atoms with van der Waals surface area (Å²) in [5.74, 6) is 0.570. The fourth-order valence-electron chi connectivity index (χ4n) is 3.28. The number of unbranched alkanes of at least 4 members (excludes halogenated alkanes) is 3. The number of hydrogen-bond acceptors (Lipinski definition) is 3. The number of guanidine groups is 1. The van der Waals surface area contributed by atoms with Gasteiger partial charge in [0.2, 0.25) is 0 Å². The molecule has 0 radical (unpaired) electrons. The molecule has 1 heterocycles. The first-order valence-electron chi connectivity index (χ1n) is 10.4. The minimum absolute atomic E-state index is 0. The first kappa shape index (κ1) is 24.9. The highest BCUT2D eigenvalue weighted by Crippen LogP contribution is 2.24. The van der Waals surface area contributed by atoms with Crippen molar-refractivity contribution in [2.24, 2.45) is 4.99 Å². The van der Waals surface area contributed by atoms with Crippen molar-refractivity contribution in [3.05, 3.63) is 29.6 Å². The van der Waals surface area contributed by atoms with Crippen LogP contribution in [0, 0.1) is 5.82 Å². The van der Waals surface area contributed by atoms with Crippen molar-refractivity contribution in [1.29, 1.82) is 0 Å². The molecule has 1 aromatic rings. The molecular formula is C21H36FIN4O. The molecule has 0 spiro atoms. The fraction of sp³-hybridized carbons (Fsp3) is 0.667. The molecule has 0 bridgehead atoms. The summed E-state index contributed by atoms with van der Waals surface area (Å²) in [7, 11) is 0. The fourth-order valence-corrected chi connectivity index (χ4v) is 3.28. The van der Waals surface area contributed by atoms with E-state index in [1.165, 1.54) is 19.3 Å². The molecule has 0 amide bonds. The van der Waals surface area contributed by atoms with Gasteiger partial charge in [0.15, 0.2) is 5.96 Å². The molecular weight excluding hydrogens is 470 g/mol. The Morgan fingerprint density at radius 2 is 1.93 bits per heavy atom. The number of benzene rings is 1. The summed E-state index contributed by atoms with van der Waals surface area (Å²) in [5, 5.41) is 16.2. The van der Waals surface area contributed by atoms with Crippen LogP contribution in [0.15, 0.2) is 23.2 Å². The summed E-state index contributed by atoms with van der Waals surface area (Å²) >= 11 is 0. The molecule has 1 aromatic carbocycles. The van der Waals surface area contributed by atoms with Crippen molar-refractivity contribution in [3.8, 4) is 0 Å². The quantitative estimate of drug-likeness (QED) is 0.205. The standard InChI is InChI=1S/C21H35FN4O.HI/c1-3-5-6-7-12-24-21(23-4-2)25-16-17-8-9-20(19(22)15-17)26-13-10-18(27)11-14-26;/h8-9,15,18,27H,3-7,10-14,16H2,1-2H3,(H2,23,24,25);1H. The first-order valence-corrected chi connectivity index (χ1v) is 10.4. The highest BCUT2D eigenvalue weighted by atomic mass is 127. The molecule has 1 saturated heterocycles. The van der Waals surface area contributed by atoms with Gasteiger partial charge in [0.25, 0.3) is 0 Å². The number of piperidine rings is 1. The molecule has 0 atom stereocenters. The van der Waals surface area contributed by atoms with Crippen LogP contribution in [0.5, 0.6) is 0 Å². The molecule has 160 valence electrons. The van der Waals surface area contributed by atoms with E-state index < -0.39 is 0 Å². The third-order valence-electron chi connectivity index (χ3n) is 4.90. The summed E-state index contributed by atoms with van der Waals surface area (Å²) in [6, 6.07) is 5.36. The first-order chi connectivity index (χ1) is 13.1. The molecule has 0 aliphatic carbocycles. The molecule has 2 rings (SSSR count). The van der Waals surface area contributed by atoms with E-state index in [9.17, 15) is 9.50 Å². The SMILES string of the molecule is CCCCCCNC(=NCc1ccc(N2CCC(O)CC2)c(F)c1)NCC.I. The second-order valence-corrected chi connectivity index (χ2v) is 7.19. The molecule has 0 unspecified atom stereocenters. The van der Waals surface area contributed by atoms with E-state index in [4.69, 9.17) is 0 Å². The number of rotatable bonds is 9. The van der Waals surface area contributed by atoms with E-state index in [1.807, 2.05) is 24.0 Å².